The molecule has 3 aromatic heterocycles. The molecule has 1 aliphatic carbocycles. The number of nitrogens with zero attached hydrogens (tertiary/aromatic N) is 5. The summed E-state index contributed by atoms with van der Waals surface area (Å²) in [6, 6.07) is 0. The molecule has 1 aliphatic rings. The fourth-order valence-electron chi connectivity index (χ4n) is 3.62. The van der Waals surface area contributed by atoms with Crippen molar-refractivity contribution in [3.63, 3.8) is 0 Å². The lowest BCUT2D eigenvalue weighted by atomic mass is 10.0. The standard InChI is InChI=1S/C17H19FN6O3/c18-14-12-13(23(22-14)8-10-5-3-1-2-4-6-10)15(25)21-17(20-12)24-9-11(7-19-24)16(26)27/h7,9-10H,1-6,8H2,(H,26,27)(H,20,21,25). The number of carboxylic acid groups (broad SMARTS) is 1. The van der Waals surface area contributed by atoms with E-state index in [1.807, 2.05) is 0 Å². The number of aromatic carboxylic acids is 1. The van der Waals surface area contributed by atoms with Crippen LogP contribution in [0.15, 0.2) is 17.2 Å². The highest BCUT2D eigenvalue weighted by atomic mass is 19.1. The number of fused-ring (bicyclic) bond motifs is 1. The van der Waals surface area contributed by atoms with E-state index in [1.54, 1.807) is 0 Å². The largest absolute Gasteiger partial charge is 0.478 e. The van der Waals surface area contributed by atoms with E-state index < -0.39 is 17.5 Å². The molecule has 4 rings (SSSR count). The molecule has 0 spiro atoms. The smallest absolute Gasteiger partial charge is 0.338 e. The Balaban J connectivity index is 1.72. The first-order valence-corrected chi connectivity index (χ1v) is 8.97. The van der Waals surface area contributed by atoms with E-state index in [0.29, 0.717) is 12.5 Å². The summed E-state index contributed by atoms with van der Waals surface area (Å²) >= 11 is 0. The van der Waals surface area contributed by atoms with Crippen LogP contribution in [0.4, 0.5) is 4.39 Å². The van der Waals surface area contributed by atoms with E-state index in [2.05, 4.69) is 20.2 Å². The van der Waals surface area contributed by atoms with Gasteiger partial charge in [-0.15, -0.1) is 5.10 Å². The summed E-state index contributed by atoms with van der Waals surface area (Å²) in [6.45, 7) is 0.482. The number of aromatic amines is 1. The van der Waals surface area contributed by atoms with Crippen molar-refractivity contribution in [2.24, 2.45) is 5.92 Å². The zero-order valence-electron chi connectivity index (χ0n) is 14.6. The number of hydrogen-bond acceptors (Lipinski definition) is 5. The van der Waals surface area contributed by atoms with Crippen molar-refractivity contribution in [2.75, 3.05) is 0 Å². The highest BCUT2D eigenvalue weighted by molar-refractivity contribution is 5.87. The third-order valence-electron chi connectivity index (χ3n) is 5.00. The molecule has 2 N–H and O–H groups in total. The van der Waals surface area contributed by atoms with Gasteiger partial charge < -0.3 is 5.11 Å². The Morgan fingerprint density at radius 2 is 2.04 bits per heavy atom. The average Bonchev–Trinajstić information content (AvgIpc) is 3.15. The molecule has 0 unspecified atom stereocenters. The Morgan fingerprint density at radius 3 is 2.70 bits per heavy atom. The van der Waals surface area contributed by atoms with Crippen molar-refractivity contribution in [3.05, 3.63) is 34.3 Å². The van der Waals surface area contributed by atoms with Crippen molar-refractivity contribution in [2.45, 2.75) is 45.1 Å². The van der Waals surface area contributed by atoms with Gasteiger partial charge in [-0.1, -0.05) is 25.7 Å². The van der Waals surface area contributed by atoms with E-state index in [9.17, 15) is 14.0 Å². The average molecular weight is 374 g/mol. The number of hydrogen-bond donors (Lipinski definition) is 2. The Labute approximate surface area is 152 Å². The van der Waals surface area contributed by atoms with Crippen LogP contribution in [0.1, 0.15) is 48.9 Å². The molecule has 0 aromatic carbocycles. The van der Waals surface area contributed by atoms with Crippen LogP contribution in [0.3, 0.4) is 0 Å². The maximum atomic E-state index is 14.4. The molecule has 0 radical (unpaired) electrons. The van der Waals surface area contributed by atoms with Gasteiger partial charge in [-0.3, -0.25) is 14.5 Å². The molecule has 1 fully saturated rings. The van der Waals surface area contributed by atoms with Crippen LogP contribution < -0.4 is 5.56 Å². The first kappa shape index (κ1) is 17.4. The van der Waals surface area contributed by atoms with Crippen LogP contribution in [0.5, 0.6) is 0 Å². The summed E-state index contributed by atoms with van der Waals surface area (Å²) in [4.78, 5) is 30.2. The van der Waals surface area contributed by atoms with Gasteiger partial charge in [-0.25, -0.2) is 14.5 Å². The second-order valence-electron chi connectivity index (χ2n) is 6.90. The lowest BCUT2D eigenvalue weighted by Gasteiger charge is -2.14. The zero-order chi connectivity index (χ0) is 19.0. The maximum Gasteiger partial charge on any atom is 0.338 e. The van der Waals surface area contributed by atoms with Gasteiger partial charge in [0.1, 0.15) is 0 Å². The molecule has 0 amide bonds. The van der Waals surface area contributed by atoms with Crippen LogP contribution in [0.25, 0.3) is 17.0 Å². The van der Waals surface area contributed by atoms with Gasteiger partial charge in [0.05, 0.1) is 11.8 Å². The van der Waals surface area contributed by atoms with Crippen LogP contribution in [0.2, 0.25) is 0 Å². The molecule has 142 valence electrons. The Bertz CT molecular complexity index is 1040. The van der Waals surface area contributed by atoms with Gasteiger partial charge in [0.15, 0.2) is 11.0 Å². The van der Waals surface area contributed by atoms with Crippen molar-refractivity contribution in [3.8, 4) is 5.95 Å². The van der Waals surface area contributed by atoms with Crippen LogP contribution in [-0.2, 0) is 6.54 Å². The Hall–Kier alpha value is -3.04. The number of aromatic nitrogens is 6. The third-order valence-corrected chi connectivity index (χ3v) is 5.00. The Kier molecular flexibility index (Phi) is 4.46. The second kappa shape index (κ2) is 6.93. The monoisotopic (exact) mass is 374 g/mol. The number of nitrogens with one attached hydrogen (secondary N) is 1. The first-order chi connectivity index (χ1) is 13.0. The highest BCUT2D eigenvalue weighted by Gasteiger charge is 2.21. The molecular formula is C17H19FN6O3. The fourth-order valence-corrected chi connectivity index (χ4v) is 3.62. The molecule has 0 bridgehead atoms. The normalized spacial score (nSPS) is 15.9. The molecule has 0 saturated heterocycles. The minimum atomic E-state index is -1.16. The number of rotatable bonds is 4. The molecular weight excluding hydrogens is 355 g/mol. The molecule has 3 heterocycles. The minimum Gasteiger partial charge on any atom is -0.478 e. The quantitative estimate of drug-likeness (QED) is 0.675. The Morgan fingerprint density at radius 1 is 1.30 bits per heavy atom. The first-order valence-electron chi connectivity index (χ1n) is 8.97. The second-order valence-corrected chi connectivity index (χ2v) is 6.90. The van der Waals surface area contributed by atoms with Gasteiger partial charge in [0.25, 0.3) is 11.5 Å². The number of carboxylic acids is 1. The van der Waals surface area contributed by atoms with E-state index in [-0.39, 0.29) is 22.5 Å². The fraction of sp³-hybridized carbons (Fsp3) is 0.471. The van der Waals surface area contributed by atoms with E-state index in [1.165, 1.54) is 23.7 Å². The summed E-state index contributed by atoms with van der Waals surface area (Å²) in [6.07, 6.45) is 9.08. The summed E-state index contributed by atoms with van der Waals surface area (Å²) in [5.74, 6) is -1.69. The van der Waals surface area contributed by atoms with Crippen LogP contribution in [0, 0.1) is 11.9 Å². The van der Waals surface area contributed by atoms with Crippen molar-refractivity contribution >= 4 is 17.0 Å². The lowest BCUT2D eigenvalue weighted by Crippen LogP contribution is -2.19. The summed E-state index contributed by atoms with van der Waals surface area (Å²) in [5, 5.41) is 16.7. The number of H-pyrrole nitrogens is 1. The predicted octanol–water partition coefficient (Wildman–Crippen LogP) is 2.11. The lowest BCUT2D eigenvalue weighted by molar-refractivity contribution is 0.0697. The minimum absolute atomic E-state index is 0.0621. The van der Waals surface area contributed by atoms with E-state index in [0.717, 1.165) is 36.6 Å². The molecule has 3 aromatic rings. The van der Waals surface area contributed by atoms with Crippen molar-refractivity contribution in [1.82, 2.24) is 29.5 Å². The van der Waals surface area contributed by atoms with E-state index >= 15 is 0 Å². The van der Waals surface area contributed by atoms with Crippen molar-refractivity contribution in [1.29, 1.82) is 0 Å². The summed E-state index contributed by atoms with van der Waals surface area (Å²) in [7, 11) is 0. The summed E-state index contributed by atoms with van der Waals surface area (Å²) in [5.41, 5.74) is -0.657. The molecule has 1 saturated carbocycles. The topological polar surface area (TPSA) is 119 Å². The van der Waals surface area contributed by atoms with Gasteiger partial charge >= 0.3 is 5.97 Å². The van der Waals surface area contributed by atoms with Gasteiger partial charge in [0.2, 0.25) is 5.95 Å². The molecule has 10 heteroatoms. The van der Waals surface area contributed by atoms with Crippen LogP contribution in [-0.4, -0.2) is 40.6 Å². The predicted molar refractivity (Wildman–Crippen MR) is 93.4 cm³/mol. The number of halogens is 1. The highest BCUT2D eigenvalue weighted by Crippen LogP contribution is 2.25. The molecule has 0 aliphatic heterocycles. The number of carbonyl (C=O) groups is 1. The van der Waals surface area contributed by atoms with E-state index in [4.69, 9.17) is 5.11 Å². The van der Waals surface area contributed by atoms with Gasteiger partial charge in [0, 0.05) is 12.7 Å². The third kappa shape index (κ3) is 3.34. The zero-order valence-corrected chi connectivity index (χ0v) is 14.6. The van der Waals surface area contributed by atoms with Gasteiger partial charge in [-0.2, -0.15) is 9.49 Å². The molecule has 9 nitrogen and oxygen atoms in total. The summed E-state index contributed by atoms with van der Waals surface area (Å²) < 4.78 is 16.9. The van der Waals surface area contributed by atoms with Crippen LogP contribution >= 0.6 is 0 Å². The van der Waals surface area contributed by atoms with Gasteiger partial charge in [-0.05, 0) is 18.8 Å². The SMILES string of the molecule is O=C(O)c1cnn(-c2nc3c(F)nn(CC4CCCCCC4)c3c(=O)[nH]2)c1. The maximum absolute atomic E-state index is 14.4. The molecule has 27 heavy (non-hydrogen) atoms. The van der Waals surface area contributed by atoms with Crippen molar-refractivity contribution < 1.29 is 14.3 Å². The molecule has 0 atom stereocenters.